The van der Waals surface area contributed by atoms with E-state index in [1.807, 2.05) is 24.3 Å². The Kier molecular flexibility index (Phi) is 3.39. The molecule has 98 valence electrons. The molecule has 1 aromatic rings. The lowest BCUT2D eigenvalue weighted by Gasteiger charge is -2.31. The molecular formula is C14H19NO3. The van der Waals surface area contributed by atoms with E-state index in [0.717, 1.165) is 24.6 Å². The number of fused-ring (bicyclic) bond motifs is 1. The van der Waals surface area contributed by atoms with Gasteiger partial charge < -0.3 is 14.6 Å². The maximum atomic E-state index is 9.09. The molecule has 1 heterocycles. The van der Waals surface area contributed by atoms with Crippen LogP contribution >= 0.6 is 0 Å². The van der Waals surface area contributed by atoms with Crippen LogP contribution in [0.15, 0.2) is 24.3 Å². The van der Waals surface area contributed by atoms with E-state index in [2.05, 4.69) is 4.90 Å². The number of hydrogen-bond donors (Lipinski definition) is 1. The summed E-state index contributed by atoms with van der Waals surface area (Å²) >= 11 is 0. The fourth-order valence-corrected chi connectivity index (χ4v) is 2.41. The number of ether oxygens (including phenoxy) is 2. The van der Waals surface area contributed by atoms with Crippen molar-refractivity contribution in [2.75, 3.05) is 26.3 Å². The van der Waals surface area contributed by atoms with Gasteiger partial charge in [-0.25, -0.2) is 0 Å². The van der Waals surface area contributed by atoms with Crippen LogP contribution in [0.5, 0.6) is 11.5 Å². The van der Waals surface area contributed by atoms with Crippen molar-refractivity contribution in [3.05, 3.63) is 24.3 Å². The van der Waals surface area contributed by atoms with Gasteiger partial charge in [-0.3, -0.25) is 4.90 Å². The molecule has 1 aliphatic heterocycles. The zero-order valence-electron chi connectivity index (χ0n) is 10.4. The molecule has 1 aliphatic carbocycles. The van der Waals surface area contributed by atoms with Crippen molar-refractivity contribution < 1.29 is 14.6 Å². The molecule has 0 radical (unpaired) electrons. The molecule has 2 aliphatic rings. The second kappa shape index (κ2) is 5.16. The Hall–Kier alpha value is -1.26. The molecule has 1 fully saturated rings. The maximum Gasteiger partial charge on any atom is 0.161 e. The Labute approximate surface area is 107 Å². The summed E-state index contributed by atoms with van der Waals surface area (Å²) in [5, 5.41) is 9.09. The number of aliphatic hydroxyl groups is 1. The summed E-state index contributed by atoms with van der Waals surface area (Å²) in [7, 11) is 0. The van der Waals surface area contributed by atoms with Gasteiger partial charge >= 0.3 is 0 Å². The minimum Gasteiger partial charge on any atom is -0.486 e. The van der Waals surface area contributed by atoms with Gasteiger partial charge in [0, 0.05) is 19.1 Å². The molecule has 18 heavy (non-hydrogen) atoms. The van der Waals surface area contributed by atoms with Crippen molar-refractivity contribution >= 4 is 0 Å². The summed E-state index contributed by atoms with van der Waals surface area (Å²) < 4.78 is 11.6. The van der Waals surface area contributed by atoms with E-state index in [-0.39, 0.29) is 12.7 Å². The number of rotatable bonds is 5. The van der Waals surface area contributed by atoms with Crippen molar-refractivity contribution in [3.63, 3.8) is 0 Å². The lowest BCUT2D eigenvalue weighted by atomic mass is 10.2. The standard InChI is InChI=1S/C14H19NO3/c16-8-7-15(11-5-6-11)9-12-10-17-13-3-1-2-4-14(13)18-12/h1-4,11-12,16H,5-10H2/t12-/m1/s1. The SMILES string of the molecule is OCCN(C[C@@H]1COc2ccccc2O1)C1CC1. The van der Waals surface area contributed by atoms with Crippen LogP contribution in [0, 0.1) is 0 Å². The van der Waals surface area contributed by atoms with Gasteiger partial charge in [-0.1, -0.05) is 12.1 Å². The van der Waals surface area contributed by atoms with Gasteiger partial charge in [0.25, 0.3) is 0 Å². The second-order valence-electron chi connectivity index (χ2n) is 4.95. The molecule has 1 atom stereocenters. The van der Waals surface area contributed by atoms with Crippen LogP contribution in [0.4, 0.5) is 0 Å². The third-order valence-electron chi connectivity index (χ3n) is 3.46. The summed E-state index contributed by atoms with van der Waals surface area (Å²) in [6, 6.07) is 8.41. The van der Waals surface area contributed by atoms with Crippen molar-refractivity contribution in [2.45, 2.75) is 25.0 Å². The summed E-state index contributed by atoms with van der Waals surface area (Å²) in [4.78, 5) is 2.31. The number of nitrogens with zero attached hydrogens (tertiary/aromatic N) is 1. The van der Waals surface area contributed by atoms with E-state index in [1.54, 1.807) is 0 Å². The first-order valence-corrected chi connectivity index (χ1v) is 6.60. The van der Waals surface area contributed by atoms with E-state index < -0.39 is 0 Å². The third kappa shape index (κ3) is 2.60. The third-order valence-corrected chi connectivity index (χ3v) is 3.46. The fraction of sp³-hybridized carbons (Fsp3) is 0.571. The van der Waals surface area contributed by atoms with Crippen molar-refractivity contribution in [1.82, 2.24) is 4.90 Å². The van der Waals surface area contributed by atoms with Crippen LogP contribution < -0.4 is 9.47 Å². The van der Waals surface area contributed by atoms with Crippen LogP contribution in [0.3, 0.4) is 0 Å². The number of para-hydroxylation sites is 2. The van der Waals surface area contributed by atoms with Gasteiger partial charge in [0.2, 0.25) is 0 Å². The lowest BCUT2D eigenvalue weighted by molar-refractivity contribution is 0.0509. The van der Waals surface area contributed by atoms with Gasteiger partial charge in [0.1, 0.15) is 12.7 Å². The predicted molar refractivity (Wildman–Crippen MR) is 68.0 cm³/mol. The number of benzene rings is 1. The fourth-order valence-electron chi connectivity index (χ4n) is 2.41. The van der Waals surface area contributed by atoms with E-state index in [4.69, 9.17) is 14.6 Å². The highest BCUT2D eigenvalue weighted by Gasteiger charge is 2.32. The molecule has 0 aromatic heterocycles. The van der Waals surface area contributed by atoms with Crippen molar-refractivity contribution in [3.8, 4) is 11.5 Å². The topological polar surface area (TPSA) is 41.9 Å². The normalized spacial score (nSPS) is 22.2. The molecule has 0 unspecified atom stereocenters. The molecule has 0 spiro atoms. The van der Waals surface area contributed by atoms with Gasteiger partial charge in [0.15, 0.2) is 11.5 Å². The smallest absolute Gasteiger partial charge is 0.161 e. The van der Waals surface area contributed by atoms with Gasteiger partial charge in [-0.05, 0) is 25.0 Å². The highest BCUT2D eigenvalue weighted by molar-refractivity contribution is 5.40. The monoisotopic (exact) mass is 249 g/mol. The van der Waals surface area contributed by atoms with E-state index >= 15 is 0 Å². The quantitative estimate of drug-likeness (QED) is 0.853. The van der Waals surface area contributed by atoms with E-state index in [1.165, 1.54) is 12.8 Å². The average Bonchev–Trinajstić information content (AvgIpc) is 3.22. The first-order valence-electron chi connectivity index (χ1n) is 6.60. The Bertz CT molecular complexity index is 406. The Balaban J connectivity index is 1.61. The van der Waals surface area contributed by atoms with Gasteiger partial charge in [-0.2, -0.15) is 0 Å². The first-order chi connectivity index (χ1) is 8.86. The molecular weight excluding hydrogens is 230 g/mol. The van der Waals surface area contributed by atoms with Crippen molar-refractivity contribution in [1.29, 1.82) is 0 Å². The zero-order chi connectivity index (χ0) is 12.4. The summed E-state index contributed by atoms with van der Waals surface area (Å²) in [6.45, 7) is 2.36. The lowest BCUT2D eigenvalue weighted by Crippen LogP contribution is -2.43. The molecule has 4 nitrogen and oxygen atoms in total. The second-order valence-corrected chi connectivity index (χ2v) is 4.95. The molecule has 1 aromatic carbocycles. The molecule has 1 N–H and O–H groups in total. The average molecular weight is 249 g/mol. The Morgan fingerprint density at radius 3 is 2.72 bits per heavy atom. The maximum absolute atomic E-state index is 9.09. The number of aliphatic hydroxyl groups excluding tert-OH is 1. The Morgan fingerprint density at radius 2 is 2.00 bits per heavy atom. The molecule has 0 saturated heterocycles. The van der Waals surface area contributed by atoms with Crippen LogP contribution in [-0.2, 0) is 0 Å². The van der Waals surface area contributed by atoms with Crippen molar-refractivity contribution in [2.24, 2.45) is 0 Å². The van der Waals surface area contributed by atoms with Crippen LogP contribution in [-0.4, -0.2) is 48.5 Å². The molecule has 1 saturated carbocycles. The largest absolute Gasteiger partial charge is 0.486 e. The van der Waals surface area contributed by atoms with Crippen LogP contribution in [0.1, 0.15) is 12.8 Å². The number of hydrogen-bond acceptors (Lipinski definition) is 4. The van der Waals surface area contributed by atoms with E-state index in [9.17, 15) is 0 Å². The molecule has 0 bridgehead atoms. The summed E-state index contributed by atoms with van der Waals surface area (Å²) in [5.74, 6) is 1.65. The van der Waals surface area contributed by atoms with Gasteiger partial charge in [0.05, 0.1) is 6.61 Å². The minimum atomic E-state index is 0.0621. The zero-order valence-corrected chi connectivity index (χ0v) is 10.4. The van der Waals surface area contributed by atoms with Crippen LogP contribution in [0.25, 0.3) is 0 Å². The van der Waals surface area contributed by atoms with E-state index in [0.29, 0.717) is 12.6 Å². The molecule has 3 rings (SSSR count). The molecule has 4 heteroatoms. The van der Waals surface area contributed by atoms with Gasteiger partial charge in [-0.15, -0.1) is 0 Å². The summed E-state index contributed by atoms with van der Waals surface area (Å²) in [5.41, 5.74) is 0. The Morgan fingerprint density at radius 1 is 1.22 bits per heavy atom. The first kappa shape index (κ1) is 11.8. The summed E-state index contributed by atoms with van der Waals surface area (Å²) in [6.07, 6.45) is 2.54. The minimum absolute atomic E-state index is 0.0621. The highest BCUT2D eigenvalue weighted by Crippen LogP contribution is 2.32. The molecule has 0 amide bonds. The van der Waals surface area contributed by atoms with Crippen LogP contribution in [0.2, 0.25) is 0 Å². The predicted octanol–water partition coefficient (Wildman–Crippen LogP) is 1.28. The highest BCUT2D eigenvalue weighted by atomic mass is 16.6.